The second-order valence-electron chi connectivity index (χ2n) is 12.1. The summed E-state index contributed by atoms with van der Waals surface area (Å²) in [5, 5.41) is 5.15. The molecule has 2 aromatic heterocycles. The highest BCUT2D eigenvalue weighted by atomic mass is 15.0. The van der Waals surface area contributed by atoms with Crippen LogP contribution < -0.4 is 10.9 Å². The highest BCUT2D eigenvalue weighted by molar-refractivity contribution is 6.88. The molecule has 0 atom stereocenters. The van der Waals surface area contributed by atoms with E-state index in [-0.39, 0.29) is 6.85 Å². The summed E-state index contributed by atoms with van der Waals surface area (Å²) < 4.78 is 5.17. The topological polar surface area (TPSA) is 9.86 Å². The quantitative estimate of drug-likeness (QED) is 0.188. The summed E-state index contributed by atoms with van der Waals surface area (Å²) in [6.07, 6.45) is 0. The van der Waals surface area contributed by atoms with E-state index in [1.54, 1.807) is 0 Å². The van der Waals surface area contributed by atoms with Crippen LogP contribution in [0.25, 0.3) is 71.6 Å². The van der Waals surface area contributed by atoms with Gasteiger partial charge in [0.2, 0.25) is 0 Å². The standard InChI is InChI=1S/C42H27BN2/c1-3-14-28(15-4-1)30-19-11-21-34-35-22-12-20-31(29-16-5-2-6-17-29)41(35)45(40(30)34)43-36-24-8-10-27-39(36)44-38-26-9-7-18-32(38)33-23-13-25-37(43)42(33)44/h1-27H. The van der Waals surface area contributed by atoms with E-state index < -0.39 is 0 Å². The van der Waals surface area contributed by atoms with Gasteiger partial charge in [0.15, 0.2) is 0 Å². The van der Waals surface area contributed by atoms with Crippen molar-refractivity contribution in [3.05, 3.63) is 164 Å². The molecular formula is C42H27BN2. The number of rotatable bonds is 3. The third-order valence-corrected chi connectivity index (χ3v) is 9.76. The number of aromatic nitrogens is 2. The Kier molecular flexibility index (Phi) is 5.12. The van der Waals surface area contributed by atoms with E-state index in [2.05, 4.69) is 173 Å². The van der Waals surface area contributed by atoms with Gasteiger partial charge in [-0.3, -0.25) is 0 Å². The fraction of sp³-hybridized carbons (Fsp3) is 0. The van der Waals surface area contributed by atoms with Crippen LogP contribution in [0.15, 0.2) is 164 Å². The van der Waals surface area contributed by atoms with Crippen LogP contribution in [0.2, 0.25) is 0 Å². The van der Waals surface area contributed by atoms with Gasteiger partial charge in [-0.15, -0.1) is 0 Å². The summed E-state index contributed by atoms with van der Waals surface area (Å²) in [5.41, 5.74) is 13.9. The fourth-order valence-electron chi connectivity index (χ4n) is 8.00. The number of nitrogens with zero attached hydrogens (tertiary/aromatic N) is 2. The van der Waals surface area contributed by atoms with Crippen LogP contribution in [0.3, 0.4) is 0 Å². The third kappa shape index (κ3) is 3.35. The molecule has 0 saturated heterocycles. The van der Waals surface area contributed by atoms with Crippen molar-refractivity contribution >= 4 is 61.4 Å². The van der Waals surface area contributed by atoms with Gasteiger partial charge in [-0.1, -0.05) is 152 Å². The summed E-state index contributed by atoms with van der Waals surface area (Å²) in [4.78, 5) is 0. The molecule has 3 heterocycles. The summed E-state index contributed by atoms with van der Waals surface area (Å²) in [6.45, 7) is -0.0311. The lowest BCUT2D eigenvalue weighted by atomic mass is 9.48. The number of hydrogen-bond acceptors (Lipinski definition) is 0. The monoisotopic (exact) mass is 570 g/mol. The Morgan fingerprint density at radius 1 is 0.356 bits per heavy atom. The second-order valence-corrected chi connectivity index (χ2v) is 12.1. The van der Waals surface area contributed by atoms with Crippen LogP contribution in [-0.4, -0.2) is 15.9 Å². The van der Waals surface area contributed by atoms with Gasteiger partial charge in [0.05, 0.1) is 11.0 Å². The lowest BCUT2D eigenvalue weighted by Gasteiger charge is -2.29. The molecule has 0 fully saturated rings. The first-order valence-electron chi connectivity index (χ1n) is 15.7. The Balaban J connectivity index is 1.44. The maximum Gasteiger partial charge on any atom is 0.332 e. The van der Waals surface area contributed by atoms with Crippen molar-refractivity contribution in [2.75, 3.05) is 0 Å². The van der Waals surface area contributed by atoms with E-state index in [1.165, 1.54) is 82.5 Å². The Labute approximate surface area is 261 Å². The average Bonchev–Trinajstić information content (AvgIpc) is 3.64. The first kappa shape index (κ1) is 24.6. The Hall–Kier alpha value is -5.80. The zero-order valence-electron chi connectivity index (χ0n) is 24.6. The minimum atomic E-state index is -0.0311. The van der Waals surface area contributed by atoms with Crippen LogP contribution in [0, 0.1) is 0 Å². The van der Waals surface area contributed by atoms with Gasteiger partial charge in [0, 0.05) is 49.4 Å². The molecule has 0 radical (unpaired) electrons. The SMILES string of the molecule is c1ccc(-c2cccc3c4cccc(-c5ccccc5)c4n(B4c5ccccc5-n5c6ccccc6c6cccc4c65)c23)cc1. The van der Waals surface area contributed by atoms with Gasteiger partial charge < -0.3 is 9.05 Å². The molecule has 9 aromatic rings. The van der Waals surface area contributed by atoms with Gasteiger partial charge >= 0.3 is 6.85 Å². The van der Waals surface area contributed by atoms with Gasteiger partial charge in [-0.25, -0.2) is 0 Å². The molecule has 10 rings (SSSR count). The Morgan fingerprint density at radius 3 is 1.51 bits per heavy atom. The molecule has 0 unspecified atom stereocenters. The summed E-state index contributed by atoms with van der Waals surface area (Å²) in [7, 11) is 0. The largest absolute Gasteiger partial charge is 0.375 e. The first-order chi connectivity index (χ1) is 22.4. The van der Waals surface area contributed by atoms with Crippen molar-refractivity contribution in [2.24, 2.45) is 0 Å². The van der Waals surface area contributed by atoms with Crippen molar-refractivity contribution < 1.29 is 0 Å². The highest BCUT2D eigenvalue weighted by Crippen LogP contribution is 2.41. The average molecular weight is 571 g/mol. The normalized spacial score (nSPS) is 12.4. The first-order valence-corrected chi connectivity index (χ1v) is 15.7. The van der Waals surface area contributed by atoms with Gasteiger partial charge in [-0.2, -0.15) is 0 Å². The van der Waals surface area contributed by atoms with Crippen molar-refractivity contribution in [3.8, 4) is 27.9 Å². The van der Waals surface area contributed by atoms with Gasteiger partial charge in [0.1, 0.15) is 0 Å². The van der Waals surface area contributed by atoms with E-state index in [9.17, 15) is 0 Å². The molecule has 3 heteroatoms. The third-order valence-electron chi connectivity index (χ3n) is 9.76. The zero-order chi connectivity index (χ0) is 29.5. The fourth-order valence-corrected chi connectivity index (χ4v) is 8.00. The van der Waals surface area contributed by atoms with Crippen LogP contribution in [0.1, 0.15) is 0 Å². The van der Waals surface area contributed by atoms with Crippen molar-refractivity contribution in [3.63, 3.8) is 0 Å². The molecule has 1 aliphatic rings. The van der Waals surface area contributed by atoms with Crippen LogP contribution in [-0.2, 0) is 0 Å². The predicted molar refractivity (Wildman–Crippen MR) is 192 cm³/mol. The van der Waals surface area contributed by atoms with Crippen LogP contribution in [0.4, 0.5) is 0 Å². The molecule has 7 aromatic carbocycles. The molecule has 0 N–H and O–H groups in total. The summed E-state index contributed by atoms with van der Waals surface area (Å²) >= 11 is 0. The summed E-state index contributed by atoms with van der Waals surface area (Å²) in [6, 6.07) is 60.1. The van der Waals surface area contributed by atoms with Crippen LogP contribution >= 0.6 is 0 Å². The van der Waals surface area contributed by atoms with E-state index in [0.717, 1.165) is 0 Å². The van der Waals surface area contributed by atoms with E-state index in [4.69, 9.17) is 0 Å². The molecule has 2 nitrogen and oxygen atoms in total. The molecular weight excluding hydrogens is 543 g/mol. The predicted octanol–water partition coefficient (Wildman–Crippen LogP) is 9.19. The number of benzene rings is 7. The van der Waals surface area contributed by atoms with Crippen molar-refractivity contribution in [1.82, 2.24) is 9.05 Å². The molecule has 208 valence electrons. The van der Waals surface area contributed by atoms with Crippen molar-refractivity contribution in [1.29, 1.82) is 0 Å². The molecule has 1 aliphatic heterocycles. The lowest BCUT2D eigenvalue weighted by molar-refractivity contribution is 1.18. The second kappa shape index (κ2) is 9.35. The molecule has 0 bridgehead atoms. The smallest absolute Gasteiger partial charge is 0.332 e. The summed E-state index contributed by atoms with van der Waals surface area (Å²) in [5.74, 6) is 0. The number of hydrogen-bond donors (Lipinski definition) is 0. The molecule has 0 saturated carbocycles. The van der Waals surface area contributed by atoms with E-state index in [0.29, 0.717) is 0 Å². The Bertz CT molecular complexity index is 2500. The molecule has 0 spiro atoms. The number of fused-ring (bicyclic) bond motifs is 8. The lowest BCUT2D eigenvalue weighted by Crippen LogP contribution is -2.53. The maximum absolute atomic E-state index is 2.67. The van der Waals surface area contributed by atoms with E-state index in [1.807, 2.05) is 0 Å². The molecule has 0 amide bonds. The van der Waals surface area contributed by atoms with Gasteiger partial charge in [-0.05, 0) is 34.2 Å². The van der Waals surface area contributed by atoms with E-state index >= 15 is 0 Å². The zero-order valence-corrected chi connectivity index (χ0v) is 24.6. The Morgan fingerprint density at radius 2 is 0.844 bits per heavy atom. The minimum absolute atomic E-state index is 0.0311. The van der Waals surface area contributed by atoms with Crippen molar-refractivity contribution in [2.45, 2.75) is 0 Å². The molecule has 0 aliphatic carbocycles. The minimum Gasteiger partial charge on any atom is -0.375 e. The number of para-hydroxylation sites is 5. The highest BCUT2D eigenvalue weighted by Gasteiger charge is 2.36. The maximum atomic E-state index is 2.67. The molecule has 45 heavy (non-hydrogen) atoms. The van der Waals surface area contributed by atoms with Gasteiger partial charge in [0.25, 0.3) is 0 Å². The van der Waals surface area contributed by atoms with Crippen LogP contribution in [0.5, 0.6) is 0 Å².